The number of nitrogens with zero attached hydrogens (tertiary/aromatic N) is 1. The van der Waals surface area contributed by atoms with Crippen LogP contribution in [0.1, 0.15) is 29.5 Å². The lowest BCUT2D eigenvalue weighted by molar-refractivity contribution is 0.103. The van der Waals surface area contributed by atoms with E-state index in [9.17, 15) is 13.2 Å². The molecule has 0 aromatic heterocycles. The van der Waals surface area contributed by atoms with Crippen LogP contribution in [0.5, 0.6) is 0 Å². The summed E-state index contributed by atoms with van der Waals surface area (Å²) in [6, 6.07) is 31.0. The van der Waals surface area contributed by atoms with Crippen molar-refractivity contribution in [3.8, 4) is 0 Å². The van der Waals surface area contributed by atoms with Crippen LogP contribution >= 0.6 is 11.8 Å². The van der Waals surface area contributed by atoms with Crippen LogP contribution in [0.3, 0.4) is 0 Å². The highest BCUT2D eigenvalue weighted by Gasteiger charge is 2.44. The largest absolute Gasteiger partial charge is 0.445 e. The summed E-state index contributed by atoms with van der Waals surface area (Å²) >= 11 is 1.82. The van der Waals surface area contributed by atoms with Crippen LogP contribution in [0.4, 0.5) is 4.79 Å². The summed E-state index contributed by atoms with van der Waals surface area (Å²) in [5.41, 5.74) is 3.44. The third-order valence-corrected chi connectivity index (χ3v) is 8.90. The van der Waals surface area contributed by atoms with Gasteiger partial charge in [-0.25, -0.2) is 4.79 Å². The number of thioether (sulfide) groups is 1. The van der Waals surface area contributed by atoms with E-state index in [2.05, 4.69) is 79.4 Å². The Labute approximate surface area is 229 Å². The number of hydrogen-bond acceptors (Lipinski definition) is 6. The molecule has 1 aliphatic heterocycles. The zero-order valence-corrected chi connectivity index (χ0v) is 23.1. The van der Waals surface area contributed by atoms with E-state index in [1.165, 1.54) is 6.08 Å². The summed E-state index contributed by atoms with van der Waals surface area (Å²) in [5.74, 6) is 0. The van der Waals surface area contributed by atoms with E-state index in [0.717, 1.165) is 22.9 Å². The van der Waals surface area contributed by atoms with Crippen molar-refractivity contribution in [1.82, 2.24) is 4.90 Å². The van der Waals surface area contributed by atoms with Crippen LogP contribution in [-0.4, -0.2) is 56.7 Å². The molecular weight excluding hydrogens is 518 g/mol. The Balaban J connectivity index is 1.71. The Kier molecular flexibility index (Phi) is 9.31. The molecule has 3 aromatic carbocycles. The Morgan fingerprint density at radius 2 is 1.47 bits per heavy atom. The first-order valence-electron chi connectivity index (χ1n) is 12.6. The molecule has 200 valence electrons. The molecule has 0 spiro atoms. The Bertz CT molecular complexity index is 1200. The van der Waals surface area contributed by atoms with Crippen molar-refractivity contribution >= 4 is 28.0 Å². The molecule has 4 rings (SSSR count). The van der Waals surface area contributed by atoms with E-state index in [1.54, 1.807) is 4.90 Å². The number of carbonyl (C=O) groups excluding carboxylic acids is 1. The average Bonchev–Trinajstić information content (AvgIpc) is 3.33. The highest BCUT2D eigenvalue weighted by Crippen LogP contribution is 2.52. The fraction of sp³-hybridized carbons (Fsp3) is 0.300. The predicted molar refractivity (Wildman–Crippen MR) is 153 cm³/mol. The molecular formula is C30H33NO5S2. The van der Waals surface area contributed by atoms with Gasteiger partial charge in [0.1, 0.15) is 6.61 Å². The molecule has 2 atom stereocenters. The number of amides is 1. The summed E-state index contributed by atoms with van der Waals surface area (Å²) < 4.78 is 33.0. The van der Waals surface area contributed by atoms with Gasteiger partial charge in [0, 0.05) is 17.8 Å². The molecule has 1 aliphatic rings. The average molecular weight is 552 g/mol. The van der Waals surface area contributed by atoms with Gasteiger partial charge in [-0.2, -0.15) is 8.42 Å². The fourth-order valence-corrected chi connectivity index (χ4v) is 7.25. The Hall–Kier alpha value is -3.07. The van der Waals surface area contributed by atoms with E-state index < -0.39 is 21.0 Å². The van der Waals surface area contributed by atoms with Crippen molar-refractivity contribution in [1.29, 1.82) is 0 Å². The van der Waals surface area contributed by atoms with Gasteiger partial charge in [-0.1, -0.05) is 104 Å². The lowest BCUT2D eigenvalue weighted by atomic mass is 9.84. The molecule has 0 aliphatic carbocycles. The second kappa shape index (κ2) is 12.7. The Morgan fingerprint density at radius 1 is 0.974 bits per heavy atom. The van der Waals surface area contributed by atoms with Crippen LogP contribution < -0.4 is 0 Å². The molecule has 38 heavy (non-hydrogen) atoms. The first-order chi connectivity index (χ1) is 18.3. The smallest absolute Gasteiger partial charge is 0.410 e. The van der Waals surface area contributed by atoms with Gasteiger partial charge in [-0.05, 0) is 29.5 Å². The minimum absolute atomic E-state index is 0.00727. The SMILES string of the molecule is C=CCOC(=O)N1C[C@@H](SC(c2ccccc2)(c2ccccc2)c2ccccc2)C[C@H]1CCOS(C)(=O)=O. The van der Waals surface area contributed by atoms with Gasteiger partial charge in [0.25, 0.3) is 10.1 Å². The van der Waals surface area contributed by atoms with Gasteiger partial charge in [0.15, 0.2) is 0 Å². The van der Waals surface area contributed by atoms with Gasteiger partial charge in [-0.15, -0.1) is 11.8 Å². The lowest BCUT2D eigenvalue weighted by Crippen LogP contribution is -2.37. The van der Waals surface area contributed by atoms with Crippen molar-refractivity contribution in [2.75, 3.05) is 26.0 Å². The third kappa shape index (κ3) is 6.67. The van der Waals surface area contributed by atoms with Crippen LogP contribution in [0.2, 0.25) is 0 Å². The zero-order chi connectivity index (χ0) is 27.0. The fourth-order valence-electron chi connectivity index (χ4n) is 4.98. The number of likely N-dealkylation sites (tertiary alicyclic amines) is 1. The molecule has 8 heteroatoms. The lowest BCUT2D eigenvalue weighted by Gasteiger charge is -2.37. The standard InChI is InChI=1S/C30H33NO5S2/c1-3-20-35-29(32)31-23-28(22-27(31)19-21-36-38(2,33)34)37-30(24-13-7-4-8-14-24,25-15-9-5-10-16-25)26-17-11-6-12-18-26/h3-18,27-28H,1,19-23H2,2H3/t27-,28+/m1/s1. The minimum Gasteiger partial charge on any atom is -0.445 e. The number of hydrogen-bond donors (Lipinski definition) is 0. The summed E-state index contributed by atoms with van der Waals surface area (Å²) in [7, 11) is -3.57. The maximum Gasteiger partial charge on any atom is 0.410 e. The quantitative estimate of drug-likeness (QED) is 0.169. The molecule has 3 aromatic rings. The molecule has 0 unspecified atom stereocenters. The van der Waals surface area contributed by atoms with E-state index in [-0.39, 0.29) is 24.5 Å². The molecule has 6 nitrogen and oxygen atoms in total. The number of carbonyl (C=O) groups is 1. The van der Waals surface area contributed by atoms with Gasteiger partial charge < -0.3 is 9.64 Å². The second-order valence-electron chi connectivity index (χ2n) is 9.24. The van der Waals surface area contributed by atoms with Gasteiger partial charge in [-0.3, -0.25) is 4.18 Å². The molecule has 1 heterocycles. The maximum absolute atomic E-state index is 13.0. The highest BCUT2D eigenvalue weighted by molar-refractivity contribution is 8.01. The van der Waals surface area contributed by atoms with Crippen LogP contribution in [-0.2, 0) is 23.8 Å². The van der Waals surface area contributed by atoms with E-state index in [4.69, 9.17) is 8.92 Å². The molecule has 0 N–H and O–H groups in total. The van der Waals surface area contributed by atoms with Crippen molar-refractivity contribution in [2.24, 2.45) is 0 Å². The van der Waals surface area contributed by atoms with Crippen molar-refractivity contribution in [3.63, 3.8) is 0 Å². The van der Waals surface area contributed by atoms with E-state index >= 15 is 0 Å². The summed E-state index contributed by atoms with van der Waals surface area (Å²) in [6.45, 7) is 4.22. The first-order valence-corrected chi connectivity index (χ1v) is 15.3. The van der Waals surface area contributed by atoms with Crippen LogP contribution in [0.15, 0.2) is 104 Å². The van der Waals surface area contributed by atoms with Gasteiger partial charge in [0.2, 0.25) is 0 Å². The highest BCUT2D eigenvalue weighted by atomic mass is 32.2. The van der Waals surface area contributed by atoms with Crippen LogP contribution in [0, 0.1) is 0 Å². The minimum atomic E-state index is -3.57. The monoisotopic (exact) mass is 551 g/mol. The van der Waals surface area contributed by atoms with Gasteiger partial charge in [0.05, 0.1) is 17.6 Å². The molecule has 1 amide bonds. The summed E-state index contributed by atoms with van der Waals surface area (Å²) in [4.78, 5) is 14.7. The predicted octanol–water partition coefficient (Wildman–Crippen LogP) is 5.84. The first kappa shape index (κ1) is 28.0. The zero-order valence-electron chi connectivity index (χ0n) is 21.4. The van der Waals surface area contributed by atoms with Gasteiger partial charge >= 0.3 is 6.09 Å². The van der Waals surface area contributed by atoms with Crippen molar-refractivity contribution in [3.05, 3.63) is 120 Å². The molecule has 1 saturated heterocycles. The molecule has 0 radical (unpaired) electrons. The van der Waals surface area contributed by atoms with Crippen molar-refractivity contribution in [2.45, 2.75) is 28.9 Å². The van der Waals surface area contributed by atoms with E-state index in [0.29, 0.717) is 19.4 Å². The van der Waals surface area contributed by atoms with Crippen molar-refractivity contribution < 1.29 is 22.1 Å². The topological polar surface area (TPSA) is 72.9 Å². The third-order valence-electron chi connectivity index (χ3n) is 6.57. The number of ether oxygens (including phenoxy) is 1. The molecule has 1 fully saturated rings. The van der Waals surface area contributed by atoms with E-state index in [1.807, 2.05) is 30.0 Å². The normalized spacial score (nSPS) is 17.8. The maximum atomic E-state index is 13.0. The number of rotatable bonds is 11. The second-order valence-corrected chi connectivity index (χ2v) is 12.4. The summed E-state index contributed by atoms with van der Waals surface area (Å²) in [5, 5.41) is 0.0510. The molecule has 0 saturated carbocycles. The molecule has 0 bridgehead atoms. The van der Waals surface area contributed by atoms with Crippen LogP contribution in [0.25, 0.3) is 0 Å². The summed E-state index contributed by atoms with van der Waals surface area (Å²) in [6.07, 6.45) is 3.21. The number of benzene rings is 3. The Morgan fingerprint density at radius 3 is 1.92 bits per heavy atom.